The van der Waals surface area contributed by atoms with Gasteiger partial charge in [-0.05, 0) is 81.2 Å². The van der Waals surface area contributed by atoms with Gasteiger partial charge in [0.2, 0.25) is 0 Å². The molecule has 0 radical (unpaired) electrons. The molecule has 6 heteroatoms. The highest BCUT2D eigenvalue weighted by atomic mass is 16.2. The lowest BCUT2D eigenvalue weighted by atomic mass is 9.98. The van der Waals surface area contributed by atoms with Gasteiger partial charge in [0.05, 0.1) is 5.56 Å². The van der Waals surface area contributed by atoms with Crippen molar-refractivity contribution >= 4 is 29.0 Å². The molecule has 6 nitrogen and oxygen atoms in total. The number of nitrogens with one attached hydrogen (secondary N) is 2. The third kappa shape index (κ3) is 5.49. The van der Waals surface area contributed by atoms with Crippen LogP contribution in [0.1, 0.15) is 60.5 Å². The number of benzene rings is 2. The summed E-state index contributed by atoms with van der Waals surface area (Å²) in [5.74, 6) is 0.735. The summed E-state index contributed by atoms with van der Waals surface area (Å²) in [6, 6.07) is 11.4. The number of amides is 3. The van der Waals surface area contributed by atoms with Gasteiger partial charge >= 0.3 is 6.03 Å². The zero-order valence-corrected chi connectivity index (χ0v) is 20.1. The third-order valence-corrected chi connectivity index (χ3v) is 6.97. The lowest BCUT2D eigenvalue weighted by Gasteiger charge is -2.34. The Labute approximate surface area is 197 Å². The molecule has 176 valence electrons. The summed E-state index contributed by atoms with van der Waals surface area (Å²) in [6.45, 7) is 9.74. The Morgan fingerprint density at radius 3 is 2.21 bits per heavy atom. The highest BCUT2D eigenvalue weighted by molar-refractivity contribution is 6.04. The first-order valence-corrected chi connectivity index (χ1v) is 12.2. The van der Waals surface area contributed by atoms with Gasteiger partial charge in [-0.15, -0.1) is 0 Å². The number of likely N-dealkylation sites (tertiary alicyclic amines) is 1. The predicted octanol–water partition coefficient (Wildman–Crippen LogP) is 5.81. The van der Waals surface area contributed by atoms with Crippen molar-refractivity contribution in [2.45, 2.75) is 52.9 Å². The Kier molecular flexibility index (Phi) is 7.21. The van der Waals surface area contributed by atoms with E-state index in [1.54, 1.807) is 0 Å². The van der Waals surface area contributed by atoms with Gasteiger partial charge in [0.1, 0.15) is 0 Å². The highest BCUT2D eigenvalue weighted by Gasteiger charge is 2.26. The Hall–Kier alpha value is -3.02. The van der Waals surface area contributed by atoms with E-state index in [1.165, 1.54) is 6.42 Å². The molecule has 2 aromatic rings. The van der Waals surface area contributed by atoms with Gasteiger partial charge in [0.25, 0.3) is 5.91 Å². The number of hydrogen-bond acceptors (Lipinski definition) is 3. The molecule has 0 saturated carbocycles. The molecule has 0 unspecified atom stereocenters. The van der Waals surface area contributed by atoms with Crippen molar-refractivity contribution in [1.82, 2.24) is 4.90 Å². The Bertz CT molecular complexity index is 985. The normalized spacial score (nSPS) is 17.1. The number of carbonyl (C=O) groups excluding carboxylic acids is 2. The molecular formula is C27H36N4O2. The van der Waals surface area contributed by atoms with E-state index in [0.717, 1.165) is 74.4 Å². The van der Waals surface area contributed by atoms with Crippen LogP contribution in [0.25, 0.3) is 0 Å². The van der Waals surface area contributed by atoms with E-state index < -0.39 is 0 Å². The minimum absolute atomic E-state index is 0.0706. The van der Waals surface area contributed by atoms with Crippen molar-refractivity contribution in [2.75, 3.05) is 41.7 Å². The molecule has 33 heavy (non-hydrogen) atoms. The fourth-order valence-electron chi connectivity index (χ4n) is 4.87. The van der Waals surface area contributed by atoms with Crippen LogP contribution in [0.3, 0.4) is 0 Å². The number of nitrogens with zero attached hydrogens (tertiary/aromatic N) is 2. The van der Waals surface area contributed by atoms with E-state index in [0.29, 0.717) is 17.2 Å². The molecule has 2 aliphatic heterocycles. The van der Waals surface area contributed by atoms with Crippen LogP contribution >= 0.6 is 0 Å². The van der Waals surface area contributed by atoms with Crippen LogP contribution in [-0.2, 0) is 0 Å². The van der Waals surface area contributed by atoms with Crippen LogP contribution in [0.4, 0.5) is 21.9 Å². The quantitative estimate of drug-likeness (QED) is 0.620. The van der Waals surface area contributed by atoms with Crippen molar-refractivity contribution in [2.24, 2.45) is 5.92 Å². The molecule has 0 atom stereocenters. The molecule has 4 rings (SSSR count). The molecular weight excluding hydrogens is 412 g/mol. The second-order valence-corrected chi connectivity index (χ2v) is 9.60. The van der Waals surface area contributed by atoms with Gasteiger partial charge in [-0.3, -0.25) is 4.79 Å². The number of urea groups is 1. The molecule has 2 saturated heterocycles. The summed E-state index contributed by atoms with van der Waals surface area (Å²) in [4.78, 5) is 30.6. The first kappa shape index (κ1) is 23.1. The second kappa shape index (κ2) is 10.3. The van der Waals surface area contributed by atoms with Gasteiger partial charge in [0.15, 0.2) is 0 Å². The molecule has 2 N–H and O–H groups in total. The van der Waals surface area contributed by atoms with Crippen molar-refractivity contribution in [3.8, 4) is 0 Å². The Balaban J connectivity index is 1.56. The zero-order valence-electron chi connectivity index (χ0n) is 20.1. The van der Waals surface area contributed by atoms with Gasteiger partial charge in [-0.2, -0.15) is 0 Å². The molecule has 2 fully saturated rings. The van der Waals surface area contributed by atoms with Crippen LogP contribution in [0.5, 0.6) is 0 Å². The molecule has 3 amide bonds. The van der Waals surface area contributed by atoms with Gasteiger partial charge in [-0.1, -0.05) is 25.1 Å². The second-order valence-electron chi connectivity index (χ2n) is 9.60. The number of rotatable bonds is 4. The SMILES string of the molecule is Cc1cccc(C)c1NC(=O)Nc1ccc(N2CCCCC2)c(C(=O)N2CCC(C)CC2)c1. The van der Waals surface area contributed by atoms with Gasteiger partial charge < -0.3 is 20.4 Å². The number of anilines is 3. The average molecular weight is 449 g/mol. The minimum atomic E-state index is -0.302. The minimum Gasteiger partial charge on any atom is -0.371 e. The molecule has 0 bridgehead atoms. The topological polar surface area (TPSA) is 64.7 Å². The fraction of sp³-hybridized carbons (Fsp3) is 0.481. The van der Waals surface area contributed by atoms with E-state index in [-0.39, 0.29) is 11.9 Å². The van der Waals surface area contributed by atoms with E-state index in [1.807, 2.05) is 55.1 Å². The molecule has 2 aliphatic rings. The van der Waals surface area contributed by atoms with Gasteiger partial charge in [0, 0.05) is 43.2 Å². The monoisotopic (exact) mass is 448 g/mol. The number of carbonyl (C=O) groups is 2. The summed E-state index contributed by atoms with van der Waals surface area (Å²) in [5, 5.41) is 5.91. The number of piperidine rings is 2. The molecule has 2 heterocycles. The fourth-order valence-corrected chi connectivity index (χ4v) is 4.87. The van der Waals surface area contributed by atoms with Crippen LogP contribution in [-0.4, -0.2) is 43.0 Å². The molecule has 0 aliphatic carbocycles. The Morgan fingerprint density at radius 1 is 0.879 bits per heavy atom. The van der Waals surface area contributed by atoms with Crippen molar-refractivity contribution in [3.63, 3.8) is 0 Å². The van der Waals surface area contributed by atoms with Crippen molar-refractivity contribution in [3.05, 3.63) is 53.1 Å². The lowest BCUT2D eigenvalue weighted by molar-refractivity contribution is 0.0697. The highest BCUT2D eigenvalue weighted by Crippen LogP contribution is 2.30. The summed E-state index contributed by atoms with van der Waals surface area (Å²) in [7, 11) is 0. The number of para-hydroxylation sites is 1. The van der Waals surface area contributed by atoms with E-state index >= 15 is 0 Å². The first-order valence-electron chi connectivity index (χ1n) is 12.2. The Morgan fingerprint density at radius 2 is 1.55 bits per heavy atom. The maximum Gasteiger partial charge on any atom is 0.323 e. The summed E-state index contributed by atoms with van der Waals surface area (Å²) in [5.41, 5.74) is 5.16. The maximum atomic E-state index is 13.6. The van der Waals surface area contributed by atoms with Crippen molar-refractivity contribution in [1.29, 1.82) is 0 Å². The van der Waals surface area contributed by atoms with Gasteiger partial charge in [-0.25, -0.2) is 4.79 Å². The summed E-state index contributed by atoms with van der Waals surface area (Å²) < 4.78 is 0. The lowest BCUT2D eigenvalue weighted by Crippen LogP contribution is -2.39. The zero-order chi connectivity index (χ0) is 23.4. The van der Waals surface area contributed by atoms with E-state index in [9.17, 15) is 9.59 Å². The van der Waals surface area contributed by atoms with Crippen LogP contribution in [0, 0.1) is 19.8 Å². The standard InChI is InChI=1S/C27H36N4O2/c1-19-12-16-31(17-13-19)26(32)23-18-22(10-11-24(23)30-14-5-4-6-15-30)28-27(33)29-25-20(2)8-7-9-21(25)3/h7-11,18-19H,4-6,12-17H2,1-3H3,(H2,28,29,33). The average Bonchev–Trinajstić information content (AvgIpc) is 2.82. The van der Waals surface area contributed by atoms with E-state index in [2.05, 4.69) is 22.5 Å². The predicted molar refractivity (Wildman–Crippen MR) is 135 cm³/mol. The molecule has 0 aromatic heterocycles. The smallest absolute Gasteiger partial charge is 0.323 e. The first-order chi connectivity index (χ1) is 15.9. The van der Waals surface area contributed by atoms with Crippen LogP contribution in [0.15, 0.2) is 36.4 Å². The number of aryl methyl sites for hydroxylation is 2. The summed E-state index contributed by atoms with van der Waals surface area (Å²) >= 11 is 0. The maximum absolute atomic E-state index is 13.6. The van der Waals surface area contributed by atoms with Crippen molar-refractivity contribution < 1.29 is 9.59 Å². The van der Waals surface area contributed by atoms with E-state index in [4.69, 9.17) is 0 Å². The largest absolute Gasteiger partial charge is 0.371 e. The third-order valence-electron chi connectivity index (χ3n) is 6.97. The van der Waals surface area contributed by atoms with Crippen LogP contribution in [0.2, 0.25) is 0 Å². The summed E-state index contributed by atoms with van der Waals surface area (Å²) in [6.07, 6.45) is 5.61. The molecule has 2 aromatic carbocycles. The van der Waals surface area contributed by atoms with Crippen LogP contribution < -0.4 is 15.5 Å². The number of hydrogen-bond donors (Lipinski definition) is 2. The molecule has 0 spiro atoms.